The van der Waals surface area contributed by atoms with Gasteiger partial charge in [-0.1, -0.05) is 39.0 Å². The summed E-state index contributed by atoms with van der Waals surface area (Å²) in [5, 5.41) is 3.98. The predicted octanol–water partition coefficient (Wildman–Crippen LogP) is 5.69. The Morgan fingerprint density at radius 1 is 1.21 bits per heavy atom. The van der Waals surface area contributed by atoms with Crippen LogP contribution in [-0.2, 0) is 9.59 Å². The molecule has 1 N–H and O–H groups in total. The number of carbonyl (C=O) groups excluding carboxylic acids is 2. The van der Waals surface area contributed by atoms with E-state index in [2.05, 4.69) is 24.1 Å². The molecule has 2 aromatic carbocycles. The number of rotatable bonds is 6. The minimum absolute atomic E-state index is 0.0867. The molecule has 0 saturated carbocycles. The fourth-order valence-corrected chi connectivity index (χ4v) is 4.98. The SMILES string of the molecule is CCC1Oc2ccc(-c3nc(C)sc3C)cc2N(CC(=O)Nc2ccccc2C(C)C)C1=O. The Balaban J connectivity index is 1.66. The number of aromatic nitrogens is 1. The van der Waals surface area contributed by atoms with Crippen molar-refractivity contribution in [3.8, 4) is 17.0 Å². The first-order valence-corrected chi connectivity index (χ1v) is 12.0. The second-order valence-corrected chi connectivity index (χ2v) is 9.96. The number of nitrogens with one attached hydrogen (secondary N) is 1. The maximum absolute atomic E-state index is 13.2. The van der Waals surface area contributed by atoms with Gasteiger partial charge in [0.2, 0.25) is 5.91 Å². The molecule has 3 aromatic rings. The van der Waals surface area contributed by atoms with E-state index in [1.807, 2.05) is 63.2 Å². The Hall–Kier alpha value is -3.19. The second kappa shape index (κ2) is 9.35. The third-order valence-electron chi connectivity index (χ3n) is 5.77. The molecule has 4 rings (SSSR count). The Kier molecular flexibility index (Phi) is 6.51. The lowest BCUT2D eigenvalue weighted by Gasteiger charge is -2.34. The number of aryl methyl sites for hydroxylation is 2. The normalized spacial score (nSPS) is 15.4. The molecule has 2 amide bonds. The molecule has 0 fully saturated rings. The number of para-hydroxylation sites is 1. The highest BCUT2D eigenvalue weighted by Gasteiger charge is 2.35. The van der Waals surface area contributed by atoms with E-state index in [1.54, 1.807) is 16.2 Å². The molecule has 1 aliphatic rings. The third kappa shape index (κ3) is 4.64. The summed E-state index contributed by atoms with van der Waals surface area (Å²) in [6.45, 7) is 10.00. The van der Waals surface area contributed by atoms with E-state index < -0.39 is 6.10 Å². The predicted molar refractivity (Wildman–Crippen MR) is 133 cm³/mol. The van der Waals surface area contributed by atoms with Crippen molar-refractivity contribution in [2.24, 2.45) is 0 Å². The van der Waals surface area contributed by atoms with Gasteiger partial charge in [-0.3, -0.25) is 14.5 Å². The number of thiazole rings is 1. The van der Waals surface area contributed by atoms with Crippen molar-refractivity contribution in [3.05, 3.63) is 57.9 Å². The molecule has 1 unspecified atom stereocenters. The zero-order valence-corrected chi connectivity index (χ0v) is 20.5. The van der Waals surface area contributed by atoms with Crippen molar-refractivity contribution in [1.29, 1.82) is 0 Å². The molecule has 1 aliphatic heterocycles. The average Bonchev–Trinajstić information content (AvgIpc) is 3.13. The zero-order valence-electron chi connectivity index (χ0n) is 19.6. The summed E-state index contributed by atoms with van der Waals surface area (Å²) in [4.78, 5) is 33.6. The van der Waals surface area contributed by atoms with Gasteiger partial charge in [0.25, 0.3) is 5.91 Å². The first kappa shape index (κ1) is 23.0. The van der Waals surface area contributed by atoms with Crippen LogP contribution in [0.1, 0.15) is 48.6 Å². The lowest BCUT2D eigenvalue weighted by Crippen LogP contribution is -2.48. The number of nitrogens with zero attached hydrogens (tertiary/aromatic N) is 2. The van der Waals surface area contributed by atoms with Gasteiger partial charge in [-0.2, -0.15) is 0 Å². The van der Waals surface area contributed by atoms with Crippen molar-refractivity contribution < 1.29 is 14.3 Å². The van der Waals surface area contributed by atoms with Crippen LogP contribution in [0.15, 0.2) is 42.5 Å². The molecule has 172 valence electrons. The molecule has 33 heavy (non-hydrogen) atoms. The highest BCUT2D eigenvalue weighted by molar-refractivity contribution is 7.11. The van der Waals surface area contributed by atoms with Crippen LogP contribution in [0.3, 0.4) is 0 Å². The number of amides is 2. The van der Waals surface area contributed by atoms with Crippen LogP contribution in [0.5, 0.6) is 5.75 Å². The van der Waals surface area contributed by atoms with Crippen LogP contribution in [0.25, 0.3) is 11.3 Å². The molecule has 0 radical (unpaired) electrons. The van der Waals surface area contributed by atoms with E-state index in [0.29, 0.717) is 17.9 Å². The molecule has 0 spiro atoms. The monoisotopic (exact) mass is 463 g/mol. The van der Waals surface area contributed by atoms with E-state index in [-0.39, 0.29) is 24.3 Å². The summed E-state index contributed by atoms with van der Waals surface area (Å²) in [6, 6.07) is 13.5. The highest BCUT2D eigenvalue weighted by atomic mass is 32.1. The first-order valence-electron chi connectivity index (χ1n) is 11.2. The summed E-state index contributed by atoms with van der Waals surface area (Å²) in [6.07, 6.45) is -0.0824. The molecule has 1 atom stereocenters. The van der Waals surface area contributed by atoms with Gasteiger partial charge in [-0.15, -0.1) is 11.3 Å². The van der Waals surface area contributed by atoms with E-state index in [9.17, 15) is 9.59 Å². The first-order chi connectivity index (χ1) is 15.8. The third-order valence-corrected chi connectivity index (χ3v) is 6.65. The lowest BCUT2D eigenvalue weighted by molar-refractivity contribution is -0.128. The summed E-state index contributed by atoms with van der Waals surface area (Å²) >= 11 is 1.64. The van der Waals surface area contributed by atoms with E-state index in [1.165, 1.54) is 0 Å². The smallest absolute Gasteiger partial charge is 0.268 e. The van der Waals surface area contributed by atoms with Gasteiger partial charge in [0, 0.05) is 16.1 Å². The maximum Gasteiger partial charge on any atom is 0.268 e. The number of ether oxygens (including phenoxy) is 1. The Labute approximate surface area is 198 Å². The molecule has 7 heteroatoms. The molecular formula is C26H29N3O3S. The number of anilines is 2. The van der Waals surface area contributed by atoms with Crippen molar-refractivity contribution in [2.45, 2.75) is 53.1 Å². The van der Waals surface area contributed by atoms with Crippen molar-refractivity contribution in [3.63, 3.8) is 0 Å². The van der Waals surface area contributed by atoms with Gasteiger partial charge in [0.1, 0.15) is 12.3 Å². The molecule has 0 aliphatic carbocycles. The van der Waals surface area contributed by atoms with Gasteiger partial charge in [0.05, 0.1) is 16.4 Å². The minimum Gasteiger partial charge on any atom is -0.478 e. The second-order valence-electron chi connectivity index (χ2n) is 8.55. The van der Waals surface area contributed by atoms with Crippen LogP contribution in [-0.4, -0.2) is 29.4 Å². The highest BCUT2D eigenvalue weighted by Crippen LogP contribution is 2.39. The molecule has 6 nitrogen and oxygen atoms in total. The van der Waals surface area contributed by atoms with Gasteiger partial charge in [-0.05, 0) is 56.0 Å². The number of benzene rings is 2. The van der Waals surface area contributed by atoms with Crippen LogP contribution < -0.4 is 15.0 Å². The Morgan fingerprint density at radius 2 is 1.97 bits per heavy atom. The topological polar surface area (TPSA) is 71.5 Å². The van der Waals surface area contributed by atoms with Gasteiger partial charge in [0.15, 0.2) is 6.10 Å². The van der Waals surface area contributed by atoms with Crippen LogP contribution in [0, 0.1) is 13.8 Å². The molecule has 0 saturated heterocycles. The number of hydrogen-bond donors (Lipinski definition) is 1. The van der Waals surface area contributed by atoms with Crippen LogP contribution in [0.2, 0.25) is 0 Å². The van der Waals surface area contributed by atoms with Crippen LogP contribution in [0.4, 0.5) is 11.4 Å². The van der Waals surface area contributed by atoms with Gasteiger partial charge < -0.3 is 10.1 Å². The summed E-state index contributed by atoms with van der Waals surface area (Å²) in [5.41, 5.74) is 4.22. The Bertz CT molecular complexity index is 1200. The van der Waals surface area contributed by atoms with E-state index >= 15 is 0 Å². The molecule has 2 heterocycles. The Morgan fingerprint density at radius 3 is 2.64 bits per heavy atom. The van der Waals surface area contributed by atoms with E-state index in [0.717, 1.165) is 32.4 Å². The molecular weight excluding hydrogens is 434 g/mol. The van der Waals surface area contributed by atoms with Crippen molar-refractivity contribution in [2.75, 3.05) is 16.8 Å². The number of fused-ring (bicyclic) bond motifs is 1. The lowest BCUT2D eigenvalue weighted by atomic mass is 10.0. The quantitative estimate of drug-likeness (QED) is 0.510. The van der Waals surface area contributed by atoms with E-state index in [4.69, 9.17) is 4.74 Å². The fraction of sp³-hybridized carbons (Fsp3) is 0.346. The van der Waals surface area contributed by atoms with Gasteiger partial charge >= 0.3 is 0 Å². The maximum atomic E-state index is 13.2. The van der Waals surface area contributed by atoms with Crippen molar-refractivity contribution in [1.82, 2.24) is 4.98 Å². The fourth-order valence-electron chi connectivity index (χ4n) is 4.14. The number of hydrogen-bond acceptors (Lipinski definition) is 5. The van der Waals surface area contributed by atoms with Crippen LogP contribution >= 0.6 is 11.3 Å². The van der Waals surface area contributed by atoms with Crippen molar-refractivity contribution >= 4 is 34.5 Å². The molecule has 0 bridgehead atoms. The standard InChI is InChI=1S/C26H29N3O3S/c1-6-22-26(31)29(14-24(30)28-20-10-8-7-9-19(20)15(2)3)21-13-18(11-12-23(21)32-22)25-16(4)33-17(5)27-25/h7-13,15,22H,6,14H2,1-5H3,(H,28,30). The minimum atomic E-state index is -0.609. The number of carbonyl (C=O) groups is 2. The largest absolute Gasteiger partial charge is 0.478 e. The summed E-state index contributed by atoms with van der Waals surface area (Å²) in [5.74, 6) is 0.417. The summed E-state index contributed by atoms with van der Waals surface area (Å²) < 4.78 is 5.96. The van der Waals surface area contributed by atoms with Gasteiger partial charge in [-0.25, -0.2) is 4.98 Å². The average molecular weight is 464 g/mol. The zero-order chi connectivity index (χ0) is 23.7. The molecule has 1 aromatic heterocycles. The summed E-state index contributed by atoms with van der Waals surface area (Å²) in [7, 11) is 0.